The fraction of sp³-hybridized carbons (Fsp3) is 0.600. The second kappa shape index (κ2) is 15.9. The minimum Gasteiger partial charge on any atom is -0.496 e. The number of hydrogen-bond donors (Lipinski definition) is 2. The Kier molecular flexibility index (Phi) is 14.5. The number of nitrogens with zero attached hydrogens (tertiary/aromatic N) is 1. The SMILES string of the molecule is CCCCNP(=O)(OC/C=C/OP(=O)(O)c1c(OC)cc(OC)cc1OC)N(CCCl)CCCl. The number of hydrogen-bond acceptors (Lipinski definition) is 7. The maximum Gasteiger partial charge on any atom is 0.415 e. The molecule has 2 N–H and O–H groups in total. The molecule has 0 aliphatic heterocycles. The Balaban J connectivity index is 2.97. The lowest BCUT2D eigenvalue weighted by molar-refractivity contribution is 0.279. The van der Waals surface area contributed by atoms with Crippen LogP contribution in [0.1, 0.15) is 19.8 Å². The van der Waals surface area contributed by atoms with Gasteiger partial charge in [-0.05, 0) is 12.5 Å². The summed E-state index contributed by atoms with van der Waals surface area (Å²) in [5.41, 5.74) is 0. The Morgan fingerprint density at radius 2 is 1.65 bits per heavy atom. The van der Waals surface area contributed by atoms with Crippen LogP contribution in [0.2, 0.25) is 0 Å². The first-order valence-electron chi connectivity index (χ1n) is 10.6. The first-order valence-corrected chi connectivity index (χ1v) is 14.8. The number of nitrogens with one attached hydrogen (secondary N) is 1. The van der Waals surface area contributed by atoms with Crippen LogP contribution in [-0.2, 0) is 18.2 Å². The lowest BCUT2D eigenvalue weighted by Crippen LogP contribution is -2.33. The van der Waals surface area contributed by atoms with Crippen LogP contribution in [0.5, 0.6) is 17.2 Å². The molecule has 0 heterocycles. The Morgan fingerprint density at radius 3 is 2.12 bits per heavy atom. The average molecular weight is 563 g/mol. The van der Waals surface area contributed by atoms with Crippen LogP contribution in [0.3, 0.4) is 0 Å². The fourth-order valence-corrected chi connectivity index (χ4v) is 6.60. The van der Waals surface area contributed by atoms with E-state index in [1.165, 1.54) is 39.5 Å². The molecule has 10 nitrogen and oxygen atoms in total. The Labute approximate surface area is 211 Å². The lowest BCUT2D eigenvalue weighted by Gasteiger charge is -2.30. The Morgan fingerprint density at radius 1 is 1.06 bits per heavy atom. The monoisotopic (exact) mass is 562 g/mol. The Bertz CT molecular complexity index is 844. The van der Waals surface area contributed by atoms with Crippen LogP contribution in [0.15, 0.2) is 24.5 Å². The van der Waals surface area contributed by atoms with Crippen LogP contribution in [0.25, 0.3) is 0 Å². The van der Waals surface area contributed by atoms with Gasteiger partial charge in [-0.15, -0.1) is 23.2 Å². The van der Waals surface area contributed by atoms with E-state index >= 15 is 0 Å². The van der Waals surface area contributed by atoms with Crippen LogP contribution in [0, 0.1) is 0 Å². The van der Waals surface area contributed by atoms with Crippen molar-refractivity contribution in [3.8, 4) is 17.2 Å². The normalized spacial score (nSPS) is 15.2. The molecule has 1 rings (SSSR count). The van der Waals surface area contributed by atoms with Gasteiger partial charge < -0.3 is 28.2 Å². The molecule has 34 heavy (non-hydrogen) atoms. The van der Waals surface area contributed by atoms with Crippen LogP contribution >= 0.6 is 38.5 Å². The fourth-order valence-electron chi connectivity index (χ4n) is 2.82. The van der Waals surface area contributed by atoms with Gasteiger partial charge in [-0.25, -0.2) is 14.3 Å². The molecule has 2 unspecified atom stereocenters. The molecule has 0 aliphatic rings. The lowest BCUT2D eigenvalue weighted by atomic mass is 10.3. The van der Waals surface area contributed by atoms with E-state index in [1.807, 2.05) is 6.92 Å². The van der Waals surface area contributed by atoms with Gasteiger partial charge in [0.05, 0.1) is 34.2 Å². The number of benzene rings is 1. The van der Waals surface area contributed by atoms with Gasteiger partial charge in [0.25, 0.3) is 0 Å². The van der Waals surface area contributed by atoms with Crippen molar-refractivity contribution in [2.45, 2.75) is 19.8 Å². The van der Waals surface area contributed by atoms with E-state index in [1.54, 1.807) is 4.67 Å². The summed E-state index contributed by atoms with van der Waals surface area (Å²) in [6.45, 7) is 2.97. The van der Waals surface area contributed by atoms with Crippen LogP contribution < -0.4 is 24.6 Å². The van der Waals surface area contributed by atoms with E-state index in [2.05, 4.69) is 5.09 Å². The van der Waals surface area contributed by atoms with Crippen LogP contribution in [0.4, 0.5) is 0 Å². The average Bonchev–Trinajstić information content (AvgIpc) is 2.82. The minimum atomic E-state index is -4.40. The van der Waals surface area contributed by atoms with E-state index in [0.717, 1.165) is 19.1 Å². The van der Waals surface area contributed by atoms with E-state index in [4.69, 9.17) is 46.5 Å². The van der Waals surface area contributed by atoms with Crippen molar-refractivity contribution in [3.63, 3.8) is 0 Å². The summed E-state index contributed by atoms with van der Waals surface area (Å²) in [5, 5.41) is 2.80. The van der Waals surface area contributed by atoms with Gasteiger partial charge in [-0.2, -0.15) is 0 Å². The van der Waals surface area contributed by atoms with E-state index in [-0.39, 0.29) is 35.2 Å². The predicted molar refractivity (Wildman–Crippen MR) is 135 cm³/mol. The van der Waals surface area contributed by atoms with Gasteiger partial charge in [-0.1, -0.05) is 13.3 Å². The first-order chi connectivity index (χ1) is 16.2. The number of ether oxygens (including phenoxy) is 3. The highest BCUT2D eigenvalue weighted by Gasteiger charge is 2.33. The van der Waals surface area contributed by atoms with Crippen molar-refractivity contribution in [1.29, 1.82) is 0 Å². The summed E-state index contributed by atoms with van der Waals surface area (Å²) in [6.07, 6.45) is 4.06. The minimum absolute atomic E-state index is 0.0640. The van der Waals surface area contributed by atoms with Gasteiger partial charge in [0, 0.05) is 43.5 Å². The van der Waals surface area contributed by atoms with Crippen molar-refractivity contribution < 1.29 is 37.3 Å². The molecule has 0 fully saturated rings. The highest BCUT2D eigenvalue weighted by molar-refractivity contribution is 7.61. The molecule has 0 bridgehead atoms. The largest absolute Gasteiger partial charge is 0.496 e. The third kappa shape index (κ3) is 9.25. The third-order valence-electron chi connectivity index (χ3n) is 4.52. The summed E-state index contributed by atoms with van der Waals surface area (Å²) in [4.78, 5) is 10.5. The molecule has 2 atom stereocenters. The highest BCUT2D eigenvalue weighted by atomic mass is 35.5. The van der Waals surface area contributed by atoms with Crippen molar-refractivity contribution >= 4 is 43.8 Å². The summed E-state index contributed by atoms with van der Waals surface area (Å²) >= 11 is 11.7. The number of halogens is 2. The molecule has 1 aromatic carbocycles. The zero-order valence-corrected chi connectivity index (χ0v) is 23.2. The summed E-state index contributed by atoms with van der Waals surface area (Å²) in [5.74, 6) is 1.00. The molecule has 0 aliphatic carbocycles. The molecule has 0 amide bonds. The molecule has 196 valence electrons. The molecular formula is C20H34Cl2N2O8P2. The molecule has 0 saturated carbocycles. The number of alkyl halides is 2. The molecule has 0 radical (unpaired) electrons. The molecule has 14 heteroatoms. The van der Waals surface area contributed by atoms with Gasteiger partial charge >= 0.3 is 15.3 Å². The summed E-state index contributed by atoms with van der Waals surface area (Å²) < 4.78 is 54.3. The molecule has 0 spiro atoms. The van der Waals surface area contributed by atoms with Crippen molar-refractivity contribution in [3.05, 3.63) is 24.5 Å². The molecule has 0 aromatic heterocycles. The van der Waals surface area contributed by atoms with Gasteiger partial charge in [-0.3, -0.25) is 4.57 Å². The number of rotatable bonds is 18. The van der Waals surface area contributed by atoms with Crippen molar-refractivity contribution in [2.75, 3.05) is 59.3 Å². The zero-order valence-electron chi connectivity index (χ0n) is 19.9. The van der Waals surface area contributed by atoms with E-state index in [9.17, 15) is 14.0 Å². The number of unbranched alkanes of at least 4 members (excludes halogenated alkanes) is 1. The second-order valence-electron chi connectivity index (χ2n) is 6.79. The molecular weight excluding hydrogens is 529 g/mol. The topological polar surface area (TPSA) is 116 Å². The zero-order chi connectivity index (χ0) is 25.6. The summed E-state index contributed by atoms with van der Waals surface area (Å²) in [6, 6.07) is 2.88. The van der Waals surface area contributed by atoms with Gasteiger partial charge in [0.15, 0.2) is 5.30 Å². The van der Waals surface area contributed by atoms with Crippen LogP contribution in [-0.4, -0.2) is 68.9 Å². The van der Waals surface area contributed by atoms with E-state index < -0.39 is 15.3 Å². The second-order valence-corrected chi connectivity index (χ2v) is 11.4. The number of methoxy groups -OCH3 is 3. The van der Waals surface area contributed by atoms with Gasteiger partial charge in [0.2, 0.25) is 0 Å². The van der Waals surface area contributed by atoms with Crippen molar-refractivity contribution in [1.82, 2.24) is 9.76 Å². The first kappa shape index (κ1) is 31.1. The predicted octanol–water partition coefficient (Wildman–Crippen LogP) is 4.35. The summed E-state index contributed by atoms with van der Waals surface area (Å²) in [7, 11) is -3.71. The third-order valence-corrected chi connectivity index (χ3v) is 8.54. The van der Waals surface area contributed by atoms with E-state index in [0.29, 0.717) is 25.4 Å². The maximum atomic E-state index is 13.4. The maximum absolute atomic E-state index is 13.4. The van der Waals surface area contributed by atoms with Crippen molar-refractivity contribution in [2.24, 2.45) is 0 Å². The molecule has 0 saturated heterocycles. The van der Waals surface area contributed by atoms with Gasteiger partial charge in [0.1, 0.15) is 17.2 Å². The highest BCUT2D eigenvalue weighted by Crippen LogP contribution is 2.49. The quantitative estimate of drug-likeness (QED) is 0.116. The standard InChI is InChI=1S/C20H34Cl2N2O8P2/c1-5-6-10-23-34(27,24(11-8-21)12-9-22)32-14-7-13-31-33(25,26)20-18(29-3)15-17(28-2)16-19(20)30-4/h7,13,15-16H,5-6,8-12,14H2,1-4H3,(H,23,27)(H,25,26)/b13-7+. The smallest absolute Gasteiger partial charge is 0.415 e. The molecule has 1 aromatic rings. The Hall–Kier alpha value is -0.960.